The van der Waals surface area contributed by atoms with Gasteiger partial charge in [-0.1, -0.05) is 11.6 Å². The van der Waals surface area contributed by atoms with Crippen LogP contribution in [-0.4, -0.2) is 40.8 Å². The molecular weight excluding hydrogens is 252 g/mol. The lowest BCUT2D eigenvalue weighted by Gasteiger charge is -2.13. The van der Waals surface area contributed by atoms with Crippen LogP contribution in [0.3, 0.4) is 0 Å². The predicted octanol–water partition coefficient (Wildman–Crippen LogP) is 0.714. The van der Waals surface area contributed by atoms with Crippen LogP contribution < -0.4 is 10.6 Å². The summed E-state index contributed by atoms with van der Waals surface area (Å²) in [6.45, 7) is 0.414. The Morgan fingerprint density at radius 2 is 2.05 bits per heavy atom. The van der Waals surface area contributed by atoms with Crippen molar-refractivity contribution in [3.05, 3.63) is 11.6 Å². The van der Waals surface area contributed by atoms with E-state index in [-0.39, 0.29) is 0 Å². The van der Waals surface area contributed by atoms with Gasteiger partial charge in [-0.05, 0) is 25.7 Å². The standard InChI is InChI=1S/C12H18N2O5/c15-10(16)7-9(11(17)18)14-12(19)13-6-5-8-3-1-2-4-8/h3,9H,1-2,4-7H2,(H,15,16)(H,17,18)(H2,13,14,19). The number of carboxylic acids is 2. The van der Waals surface area contributed by atoms with E-state index in [0.29, 0.717) is 6.54 Å². The highest BCUT2D eigenvalue weighted by Gasteiger charge is 2.22. The third-order valence-electron chi connectivity index (χ3n) is 2.85. The highest BCUT2D eigenvalue weighted by atomic mass is 16.4. The second-order valence-corrected chi connectivity index (χ2v) is 4.39. The molecule has 1 rings (SSSR count). The number of carbonyl (C=O) groups is 3. The van der Waals surface area contributed by atoms with Crippen molar-refractivity contribution >= 4 is 18.0 Å². The van der Waals surface area contributed by atoms with Crippen molar-refractivity contribution in [2.75, 3.05) is 6.54 Å². The number of aliphatic carboxylic acids is 2. The van der Waals surface area contributed by atoms with Crippen LogP contribution in [0.2, 0.25) is 0 Å². The Balaban J connectivity index is 2.27. The molecule has 4 N–H and O–H groups in total. The summed E-state index contributed by atoms with van der Waals surface area (Å²) in [5.41, 5.74) is 1.29. The van der Waals surface area contributed by atoms with E-state index < -0.39 is 30.4 Å². The van der Waals surface area contributed by atoms with E-state index in [1.165, 1.54) is 5.57 Å². The van der Waals surface area contributed by atoms with Crippen LogP contribution in [0.1, 0.15) is 32.1 Å². The average Bonchev–Trinajstić information content (AvgIpc) is 2.80. The molecule has 2 amide bonds. The smallest absolute Gasteiger partial charge is 0.326 e. The lowest BCUT2D eigenvalue weighted by atomic mass is 10.2. The SMILES string of the molecule is O=C(O)CC(NC(=O)NCCC1=CCCC1)C(=O)O. The van der Waals surface area contributed by atoms with Crippen LogP contribution in [0.4, 0.5) is 4.79 Å². The van der Waals surface area contributed by atoms with Crippen molar-refractivity contribution in [2.24, 2.45) is 0 Å². The zero-order valence-electron chi connectivity index (χ0n) is 10.5. The minimum atomic E-state index is -1.41. The van der Waals surface area contributed by atoms with Gasteiger partial charge in [0.15, 0.2) is 0 Å². The van der Waals surface area contributed by atoms with Crippen LogP contribution >= 0.6 is 0 Å². The monoisotopic (exact) mass is 270 g/mol. The number of nitrogens with one attached hydrogen (secondary N) is 2. The largest absolute Gasteiger partial charge is 0.481 e. The quantitative estimate of drug-likeness (QED) is 0.508. The summed E-state index contributed by atoms with van der Waals surface area (Å²) in [5, 5.41) is 21.9. The fourth-order valence-electron chi connectivity index (χ4n) is 1.88. The number of amides is 2. The molecule has 0 saturated heterocycles. The second-order valence-electron chi connectivity index (χ2n) is 4.39. The zero-order valence-corrected chi connectivity index (χ0v) is 10.5. The first-order valence-electron chi connectivity index (χ1n) is 6.16. The van der Waals surface area contributed by atoms with Gasteiger partial charge in [0, 0.05) is 6.54 Å². The minimum Gasteiger partial charge on any atom is -0.481 e. The molecule has 0 aromatic carbocycles. The molecule has 0 fully saturated rings. The molecule has 0 radical (unpaired) electrons. The van der Waals surface area contributed by atoms with Crippen molar-refractivity contribution in [3.8, 4) is 0 Å². The number of urea groups is 1. The fourth-order valence-corrected chi connectivity index (χ4v) is 1.88. The maximum Gasteiger partial charge on any atom is 0.326 e. The lowest BCUT2D eigenvalue weighted by Crippen LogP contribution is -2.47. The Labute approximate surface area is 110 Å². The number of rotatable bonds is 7. The minimum absolute atomic E-state index is 0.414. The van der Waals surface area contributed by atoms with E-state index in [9.17, 15) is 14.4 Å². The summed E-state index contributed by atoms with van der Waals surface area (Å²) in [7, 11) is 0. The van der Waals surface area contributed by atoms with E-state index in [0.717, 1.165) is 25.7 Å². The highest BCUT2D eigenvalue weighted by Crippen LogP contribution is 2.19. The molecule has 1 atom stereocenters. The van der Waals surface area contributed by atoms with Gasteiger partial charge in [-0.2, -0.15) is 0 Å². The number of carboxylic acid groups (broad SMARTS) is 2. The summed E-state index contributed by atoms with van der Waals surface area (Å²) in [5.74, 6) is -2.64. The van der Waals surface area contributed by atoms with E-state index in [1.807, 2.05) is 0 Å². The average molecular weight is 270 g/mol. The molecule has 1 aliphatic carbocycles. The molecule has 106 valence electrons. The Hall–Kier alpha value is -2.05. The topological polar surface area (TPSA) is 116 Å². The number of hydrogen-bond acceptors (Lipinski definition) is 3. The molecule has 19 heavy (non-hydrogen) atoms. The van der Waals surface area contributed by atoms with Crippen molar-refractivity contribution < 1.29 is 24.6 Å². The summed E-state index contributed by atoms with van der Waals surface area (Å²) >= 11 is 0. The summed E-state index contributed by atoms with van der Waals surface area (Å²) in [6.07, 6.45) is 5.49. The molecule has 0 heterocycles. The van der Waals surface area contributed by atoms with Crippen LogP contribution in [0, 0.1) is 0 Å². The number of carbonyl (C=O) groups excluding carboxylic acids is 1. The Morgan fingerprint density at radius 3 is 2.58 bits per heavy atom. The molecule has 0 aromatic rings. The maximum atomic E-state index is 11.4. The lowest BCUT2D eigenvalue weighted by molar-refractivity contribution is -0.145. The van der Waals surface area contributed by atoms with Crippen molar-refractivity contribution in [3.63, 3.8) is 0 Å². The Kier molecular flexibility index (Phi) is 5.84. The van der Waals surface area contributed by atoms with E-state index in [4.69, 9.17) is 10.2 Å². The molecule has 0 bridgehead atoms. The Bertz CT molecular complexity index is 392. The number of allylic oxidation sites excluding steroid dienone is 1. The first-order chi connectivity index (χ1) is 8.99. The summed E-state index contributed by atoms with van der Waals surface area (Å²) in [4.78, 5) is 32.6. The van der Waals surface area contributed by atoms with Crippen LogP contribution in [-0.2, 0) is 9.59 Å². The van der Waals surface area contributed by atoms with Gasteiger partial charge in [0.1, 0.15) is 6.04 Å². The van der Waals surface area contributed by atoms with Gasteiger partial charge in [-0.15, -0.1) is 0 Å². The van der Waals surface area contributed by atoms with Gasteiger partial charge < -0.3 is 20.8 Å². The molecule has 1 aliphatic rings. The predicted molar refractivity (Wildman–Crippen MR) is 66.8 cm³/mol. The molecule has 1 unspecified atom stereocenters. The molecule has 7 heteroatoms. The molecule has 0 aliphatic heterocycles. The van der Waals surface area contributed by atoms with Crippen LogP contribution in [0.15, 0.2) is 11.6 Å². The van der Waals surface area contributed by atoms with Crippen molar-refractivity contribution in [2.45, 2.75) is 38.1 Å². The summed E-state index contributed by atoms with van der Waals surface area (Å²) < 4.78 is 0. The first-order valence-corrected chi connectivity index (χ1v) is 6.16. The molecule has 0 aromatic heterocycles. The number of hydrogen-bond donors (Lipinski definition) is 4. The summed E-state index contributed by atoms with van der Waals surface area (Å²) in [6, 6.07) is -2.07. The van der Waals surface area contributed by atoms with Gasteiger partial charge in [-0.25, -0.2) is 9.59 Å². The van der Waals surface area contributed by atoms with E-state index in [2.05, 4.69) is 16.7 Å². The third kappa shape index (κ3) is 5.89. The molecule has 0 saturated carbocycles. The third-order valence-corrected chi connectivity index (χ3v) is 2.85. The van der Waals surface area contributed by atoms with Crippen LogP contribution in [0.5, 0.6) is 0 Å². The maximum absolute atomic E-state index is 11.4. The Morgan fingerprint density at radius 1 is 1.32 bits per heavy atom. The van der Waals surface area contributed by atoms with Crippen LogP contribution in [0.25, 0.3) is 0 Å². The highest BCUT2D eigenvalue weighted by molar-refractivity contribution is 5.86. The fraction of sp³-hybridized carbons (Fsp3) is 0.583. The zero-order chi connectivity index (χ0) is 14.3. The second kappa shape index (κ2) is 7.40. The van der Waals surface area contributed by atoms with Crippen molar-refractivity contribution in [1.82, 2.24) is 10.6 Å². The molecule has 7 nitrogen and oxygen atoms in total. The molecule has 0 spiro atoms. The van der Waals surface area contributed by atoms with E-state index in [1.54, 1.807) is 0 Å². The van der Waals surface area contributed by atoms with Gasteiger partial charge in [0.05, 0.1) is 6.42 Å². The van der Waals surface area contributed by atoms with Gasteiger partial charge >= 0.3 is 18.0 Å². The van der Waals surface area contributed by atoms with Crippen molar-refractivity contribution in [1.29, 1.82) is 0 Å². The first kappa shape index (κ1) is 15.0. The van der Waals surface area contributed by atoms with E-state index >= 15 is 0 Å². The van der Waals surface area contributed by atoms with Gasteiger partial charge in [0.25, 0.3) is 0 Å². The molecular formula is C12H18N2O5. The normalized spacial score (nSPS) is 15.5. The van der Waals surface area contributed by atoms with Gasteiger partial charge in [-0.3, -0.25) is 4.79 Å². The van der Waals surface area contributed by atoms with Gasteiger partial charge in [0.2, 0.25) is 0 Å².